The van der Waals surface area contributed by atoms with Gasteiger partial charge in [-0.05, 0) is 26.0 Å². The van der Waals surface area contributed by atoms with Crippen molar-refractivity contribution in [2.75, 3.05) is 7.05 Å². The Hall–Kier alpha value is -1.54. The van der Waals surface area contributed by atoms with E-state index in [0.717, 1.165) is 22.5 Å². The maximum absolute atomic E-state index is 12.4. The van der Waals surface area contributed by atoms with Gasteiger partial charge in [-0.3, -0.25) is 0 Å². The van der Waals surface area contributed by atoms with Crippen molar-refractivity contribution in [3.05, 3.63) is 24.3 Å². The van der Waals surface area contributed by atoms with Crippen LogP contribution >= 0.6 is 0 Å². The molecule has 110 valence electrons. The van der Waals surface area contributed by atoms with Gasteiger partial charge in [0.2, 0.25) is 10.0 Å². The zero-order valence-electron chi connectivity index (χ0n) is 11.1. The summed E-state index contributed by atoms with van der Waals surface area (Å²) in [5.41, 5.74) is 0. The molecule has 0 aliphatic rings. The standard InChI is InChI=1S/C11H14N2O5S2/c1-9(2)13(3)20(17,18)11-7-5-4-6-10(11)19(15,16)12-8-14/h4-7,9H,1-3H3. The second-order valence-electron chi connectivity index (χ2n) is 4.22. The van der Waals surface area contributed by atoms with Gasteiger partial charge in [0.25, 0.3) is 16.1 Å². The molecule has 1 rings (SSSR count). The Morgan fingerprint density at radius 2 is 1.60 bits per heavy atom. The summed E-state index contributed by atoms with van der Waals surface area (Å²) in [6.45, 7) is 3.30. The van der Waals surface area contributed by atoms with Crippen molar-refractivity contribution in [1.82, 2.24) is 4.31 Å². The molecule has 0 amide bonds. The second-order valence-corrected chi connectivity index (χ2v) is 7.76. The predicted octanol–water partition coefficient (Wildman–Crippen LogP) is 0.740. The zero-order valence-corrected chi connectivity index (χ0v) is 12.8. The minimum absolute atomic E-state index is 0.356. The van der Waals surface area contributed by atoms with Gasteiger partial charge >= 0.3 is 0 Å². The lowest BCUT2D eigenvalue weighted by molar-refractivity contribution is 0.409. The number of isocyanates is 1. The van der Waals surface area contributed by atoms with Gasteiger partial charge in [-0.25, -0.2) is 13.2 Å². The summed E-state index contributed by atoms with van der Waals surface area (Å²) in [6.07, 6.45) is 0.916. The van der Waals surface area contributed by atoms with Crippen molar-refractivity contribution in [2.24, 2.45) is 4.40 Å². The Kier molecular flexibility index (Phi) is 4.82. The molecule has 0 atom stereocenters. The number of benzene rings is 1. The zero-order chi connectivity index (χ0) is 15.6. The van der Waals surface area contributed by atoms with Gasteiger partial charge in [-0.2, -0.15) is 12.7 Å². The summed E-state index contributed by atoms with van der Waals surface area (Å²) < 4.78 is 52.0. The summed E-state index contributed by atoms with van der Waals surface area (Å²) in [5.74, 6) is 0. The molecule has 1 aromatic rings. The highest BCUT2D eigenvalue weighted by atomic mass is 32.2. The van der Waals surface area contributed by atoms with E-state index in [1.54, 1.807) is 13.8 Å². The van der Waals surface area contributed by atoms with E-state index in [1.807, 2.05) is 0 Å². The molecule has 0 aromatic heterocycles. The summed E-state index contributed by atoms with van der Waals surface area (Å²) in [7, 11) is -7.05. The van der Waals surface area contributed by atoms with E-state index >= 15 is 0 Å². The Bertz CT molecular complexity index is 747. The molecule has 0 radical (unpaired) electrons. The van der Waals surface area contributed by atoms with E-state index in [9.17, 15) is 21.6 Å². The van der Waals surface area contributed by atoms with E-state index in [2.05, 4.69) is 4.40 Å². The highest BCUT2D eigenvalue weighted by molar-refractivity contribution is 7.92. The lowest BCUT2D eigenvalue weighted by Gasteiger charge is -2.21. The van der Waals surface area contributed by atoms with Crippen LogP contribution in [0.5, 0.6) is 0 Å². The van der Waals surface area contributed by atoms with Crippen LogP contribution in [0.15, 0.2) is 38.5 Å². The average molecular weight is 318 g/mol. The van der Waals surface area contributed by atoms with Crippen molar-refractivity contribution in [2.45, 2.75) is 29.7 Å². The molecular formula is C11H14N2O5S2. The van der Waals surface area contributed by atoms with Gasteiger partial charge in [0, 0.05) is 13.1 Å². The first-order valence-electron chi connectivity index (χ1n) is 5.56. The molecule has 9 heteroatoms. The Morgan fingerprint density at radius 1 is 1.10 bits per heavy atom. The van der Waals surface area contributed by atoms with Gasteiger partial charge in [-0.1, -0.05) is 16.5 Å². The molecule has 0 unspecified atom stereocenters. The number of hydrogen-bond donors (Lipinski definition) is 0. The summed E-state index contributed by atoms with van der Waals surface area (Å²) in [6, 6.07) is 4.62. The monoisotopic (exact) mass is 318 g/mol. The molecule has 0 spiro atoms. The number of sulfonamides is 2. The Labute approximate surface area is 118 Å². The molecule has 7 nitrogen and oxygen atoms in total. The molecule has 0 heterocycles. The van der Waals surface area contributed by atoms with E-state index in [0.29, 0.717) is 0 Å². The van der Waals surface area contributed by atoms with Crippen LogP contribution in [0.1, 0.15) is 13.8 Å². The van der Waals surface area contributed by atoms with E-state index in [1.165, 1.54) is 19.2 Å². The SMILES string of the molecule is CC(C)N(C)S(=O)(=O)c1ccccc1S(=O)(=O)N=C=O. The molecule has 0 fully saturated rings. The highest BCUT2D eigenvalue weighted by Gasteiger charge is 2.30. The van der Waals surface area contributed by atoms with E-state index in [4.69, 9.17) is 0 Å². The van der Waals surface area contributed by atoms with Crippen molar-refractivity contribution < 1.29 is 21.6 Å². The highest BCUT2D eigenvalue weighted by Crippen LogP contribution is 2.25. The predicted molar refractivity (Wildman–Crippen MR) is 71.8 cm³/mol. The minimum Gasteiger partial charge on any atom is -0.210 e. The van der Waals surface area contributed by atoms with E-state index < -0.39 is 29.8 Å². The first kappa shape index (κ1) is 16.5. The summed E-state index contributed by atoms with van der Waals surface area (Å²) in [5, 5.41) is 0. The van der Waals surface area contributed by atoms with Gasteiger partial charge in [-0.15, -0.1) is 0 Å². The lowest BCUT2D eigenvalue weighted by Crippen LogP contribution is -2.33. The lowest BCUT2D eigenvalue weighted by atomic mass is 10.4. The van der Waals surface area contributed by atoms with Crippen LogP contribution in [-0.4, -0.2) is 40.3 Å². The van der Waals surface area contributed by atoms with Crippen molar-refractivity contribution in [3.8, 4) is 0 Å². The molecule has 0 saturated heterocycles. The van der Waals surface area contributed by atoms with Crippen LogP contribution in [-0.2, 0) is 24.8 Å². The van der Waals surface area contributed by atoms with E-state index in [-0.39, 0.29) is 6.04 Å². The molecule has 1 aromatic carbocycles. The van der Waals surface area contributed by atoms with Crippen LogP contribution in [0.2, 0.25) is 0 Å². The maximum atomic E-state index is 12.4. The van der Waals surface area contributed by atoms with Crippen LogP contribution in [0.4, 0.5) is 0 Å². The van der Waals surface area contributed by atoms with Gasteiger partial charge in [0.1, 0.15) is 9.79 Å². The smallest absolute Gasteiger partial charge is 0.210 e. The molecule has 0 aliphatic heterocycles. The van der Waals surface area contributed by atoms with Gasteiger partial charge in [0.15, 0.2) is 0 Å². The fraction of sp³-hybridized carbons (Fsp3) is 0.364. The fourth-order valence-electron chi connectivity index (χ4n) is 1.41. The fourth-order valence-corrected chi connectivity index (χ4v) is 4.25. The first-order valence-corrected chi connectivity index (χ1v) is 8.44. The van der Waals surface area contributed by atoms with Crippen LogP contribution in [0.3, 0.4) is 0 Å². The third kappa shape index (κ3) is 3.13. The normalized spacial score (nSPS) is 12.4. The van der Waals surface area contributed by atoms with Crippen molar-refractivity contribution in [1.29, 1.82) is 0 Å². The second kappa shape index (κ2) is 5.84. The molecule has 20 heavy (non-hydrogen) atoms. The average Bonchev–Trinajstić information content (AvgIpc) is 2.37. The molecule has 0 bridgehead atoms. The topological polar surface area (TPSA) is 101 Å². The first-order chi connectivity index (χ1) is 9.14. The van der Waals surface area contributed by atoms with Crippen molar-refractivity contribution >= 4 is 26.1 Å². The van der Waals surface area contributed by atoms with Crippen molar-refractivity contribution in [3.63, 3.8) is 0 Å². The van der Waals surface area contributed by atoms with Gasteiger partial charge in [0.05, 0.1) is 0 Å². The number of carbonyl (C=O) groups excluding carboxylic acids is 1. The van der Waals surface area contributed by atoms with Crippen LogP contribution in [0, 0.1) is 0 Å². The number of hydrogen-bond acceptors (Lipinski definition) is 5. The van der Waals surface area contributed by atoms with Crippen LogP contribution < -0.4 is 0 Å². The Morgan fingerprint density at radius 3 is 2.05 bits per heavy atom. The molecule has 0 saturated carbocycles. The maximum Gasteiger partial charge on any atom is 0.294 e. The Balaban J connectivity index is 3.62. The van der Waals surface area contributed by atoms with Crippen LogP contribution in [0.25, 0.3) is 0 Å². The third-order valence-corrected chi connectivity index (χ3v) is 6.12. The number of nitrogens with zero attached hydrogens (tertiary/aromatic N) is 2. The largest absolute Gasteiger partial charge is 0.294 e. The minimum atomic E-state index is -4.39. The summed E-state index contributed by atoms with van der Waals surface area (Å²) in [4.78, 5) is 9.20. The molecule has 0 aliphatic carbocycles. The number of rotatable bonds is 5. The third-order valence-electron chi connectivity index (χ3n) is 2.67. The quantitative estimate of drug-likeness (QED) is 0.588. The van der Waals surface area contributed by atoms with Gasteiger partial charge < -0.3 is 0 Å². The molecule has 0 N–H and O–H groups in total. The summed E-state index contributed by atoms with van der Waals surface area (Å²) >= 11 is 0. The molecular weight excluding hydrogens is 304 g/mol.